The molecule has 146 valence electrons. The van der Waals surface area contributed by atoms with Gasteiger partial charge in [-0.05, 0) is 32.0 Å². The van der Waals surface area contributed by atoms with Crippen molar-refractivity contribution >= 4 is 11.6 Å². The van der Waals surface area contributed by atoms with Gasteiger partial charge in [0.25, 0.3) is 5.91 Å². The fourth-order valence-corrected chi connectivity index (χ4v) is 2.69. The molecule has 1 N–H and O–H groups in total. The van der Waals surface area contributed by atoms with E-state index in [2.05, 4.69) is 20.4 Å². The van der Waals surface area contributed by atoms with Crippen LogP contribution in [0.2, 0.25) is 0 Å². The molecule has 1 aromatic carbocycles. The molecule has 4 aromatic rings. The lowest BCUT2D eigenvalue weighted by Crippen LogP contribution is -2.13. The van der Waals surface area contributed by atoms with Gasteiger partial charge in [-0.3, -0.25) is 9.48 Å². The first kappa shape index (κ1) is 18.4. The van der Waals surface area contributed by atoms with Crippen LogP contribution in [0.1, 0.15) is 21.8 Å². The third-order valence-corrected chi connectivity index (χ3v) is 4.20. The quantitative estimate of drug-likeness (QED) is 0.551. The van der Waals surface area contributed by atoms with Crippen molar-refractivity contribution in [1.82, 2.24) is 19.7 Å². The Bertz CT molecular complexity index is 1140. The lowest BCUT2D eigenvalue weighted by molar-refractivity contribution is 0.102. The Morgan fingerprint density at radius 1 is 1.10 bits per heavy atom. The Morgan fingerprint density at radius 3 is 2.55 bits per heavy atom. The number of amides is 1. The molecule has 0 aliphatic rings. The standard InChI is InChI=1S/C21H19N5O3/c1-13-4-7-17(8-5-13)29-18-9-6-16(11-22-18)24-20(27)19-14(2)28-21(25-19)15-10-23-26(3)12-15/h4-12H,1-3H3,(H,24,27). The first-order valence-corrected chi connectivity index (χ1v) is 8.96. The van der Waals surface area contributed by atoms with Crippen molar-refractivity contribution in [2.24, 2.45) is 7.05 Å². The van der Waals surface area contributed by atoms with Crippen LogP contribution in [0.4, 0.5) is 5.69 Å². The monoisotopic (exact) mass is 389 g/mol. The summed E-state index contributed by atoms with van der Waals surface area (Å²) in [7, 11) is 1.80. The molecule has 0 bridgehead atoms. The van der Waals surface area contributed by atoms with E-state index in [0.717, 1.165) is 5.56 Å². The van der Waals surface area contributed by atoms with Gasteiger partial charge in [-0.1, -0.05) is 17.7 Å². The topological polar surface area (TPSA) is 95.1 Å². The maximum Gasteiger partial charge on any atom is 0.277 e. The summed E-state index contributed by atoms with van der Waals surface area (Å²) in [5, 5.41) is 6.85. The summed E-state index contributed by atoms with van der Waals surface area (Å²) in [6, 6.07) is 11.1. The molecule has 8 heteroatoms. The maximum atomic E-state index is 12.6. The van der Waals surface area contributed by atoms with Gasteiger partial charge in [0.1, 0.15) is 11.5 Å². The van der Waals surface area contributed by atoms with E-state index in [0.29, 0.717) is 34.5 Å². The van der Waals surface area contributed by atoms with Gasteiger partial charge in [0, 0.05) is 19.3 Å². The van der Waals surface area contributed by atoms with Crippen LogP contribution in [0, 0.1) is 13.8 Å². The average molecular weight is 389 g/mol. The van der Waals surface area contributed by atoms with Crippen LogP contribution in [-0.2, 0) is 7.05 Å². The molecule has 29 heavy (non-hydrogen) atoms. The third kappa shape index (κ3) is 4.16. The molecular weight excluding hydrogens is 370 g/mol. The number of oxazole rings is 1. The Hall–Kier alpha value is -3.94. The second-order valence-corrected chi connectivity index (χ2v) is 6.58. The second kappa shape index (κ2) is 7.59. The molecule has 0 aliphatic heterocycles. The number of anilines is 1. The van der Waals surface area contributed by atoms with Crippen molar-refractivity contribution in [2.45, 2.75) is 13.8 Å². The summed E-state index contributed by atoms with van der Waals surface area (Å²) in [5.74, 6) is 1.52. The van der Waals surface area contributed by atoms with E-state index >= 15 is 0 Å². The van der Waals surface area contributed by atoms with Crippen LogP contribution >= 0.6 is 0 Å². The molecule has 0 unspecified atom stereocenters. The van der Waals surface area contributed by atoms with Crippen molar-refractivity contribution in [3.63, 3.8) is 0 Å². The molecule has 0 fully saturated rings. The van der Waals surface area contributed by atoms with E-state index in [4.69, 9.17) is 9.15 Å². The number of aromatic nitrogens is 4. The van der Waals surface area contributed by atoms with Gasteiger partial charge < -0.3 is 14.5 Å². The normalized spacial score (nSPS) is 10.7. The number of carbonyl (C=O) groups is 1. The van der Waals surface area contributed by atoms with Crippen molar-refractivity contribution in [3.8, 4) is 23.1 Å². The van der Waals surface area contributed by atoms with E-state index in [1.807, 2.05) is 31.2 Å². The highest BCUT2D eigenvalue weighted by atomic mass is 16.5. The predicted molar refractivity (Wildman–Crippen MR) is 107 cm³/mol. The smallest absolute Gasteiger partial charge is 0.277 e. The van der Waals surface area contributed by atoms with E-state index < -0.39 is 0 Å². The fourth-order valence-electron chi connectivity index (χ4n) is 2.69. The minimum absolute atomic E-state index is 0.212. The number of ether oxygens (including phenoxy) is 1. The van der Waals surface area contributed by atoms with Gasteiger partial charge in [-0.15, -0.1) is 0 Å². The molecule has 0 aliphatic carbocycles. The van der Waals surface area contributed by atoms with Crippen molar-refractivity contribution < 1.29 is 13.9 Å². The molecule has 0 atom stereocenters. The second-order valence-electron chi connectivity index (χ2n) is 6.58. The number of nitrogens with one attached hydrogen (secondary N) is 1. The summed E-state index contributed by atoms with van der Waals surface area (Å²) in [6.07, 6.45) is 4.92. The fraction of sp³-hybridized carbons (Fsp3) is 0.143. The molecule has 0 radical (unpaired) electrons. The first-order chi connectivity index (χ1) is 14.0. The summed E-state index contributed by atoms with van der Waals surface area (Å²) in [4.78, 5) is 21.1. The maximum absolute atomic E-state index is 12.6. The van der Waals surface area contributed by atoms with Crippen LogP contribution in [0.15, 0.2) is 59.4 Å². The van der Waals surface area contributed by atoms with Gasteiger partial charge in [0.2, 0.25) is 11.8 Å². The van der Waals surface area contributed by atoms with Crippen molar-refractivity contribution in [3.05, 3.63) is 72.0 Å². The highest BCUT2D eigenvalue weighted by Gasteiger charge is 2.19. The number of benzene rings is 1. The zero-order valence-corrected chi connectivity index (χ0v) is 16.2. The molecule has 8 nitrogen and oxygen atoms in total. The van der Waals surface area contributed by atoms with E-state index in [9.17, 15) is 4.79 Å². The van der Waals surface area contributed by atoms with Gasteiger partial charge in [0.05, 0.1) is 23.6 Å². The van der Waals surface area contributed by atoms with Gasteiger partial charge in [-0.2, -0.15) is 5.10 Å². The number of hydrogen-bond acceptors (Lipinski definition) is 6. The summed E-state index contributed by atoms with van der Waals surface area (Å²) in [6.45, 7) is 3.70. The number of nitrogens with zero attached hydrogens (tertiary/aromatic N) is 4. The summed E-state index contributed by atoms with van der Waals surface area (Å²) in [5.41, 5.74) is 2.59. The van der Waals surface area contributed by atoms with Gasteiger partial charge in [0.15, 0.2) is 5.69 Å². The molecule has 3 aromatic heterocycles. The SMILES string of the molecule is Cc1ccc(Oc2ccc(NC(=O)c3nc(-c4cnn(C)c4)oc3C)cn2)cc1. The molecule has 3 heterocycles. The number of rotatable bonds is 5. The third-order valence-electron chi connectivity index (χ3n) is 4.20. The molecule has 0 spiro atoms. The number of carbonyl (C=O) groups excluding carboxylic acids is 1. The minimum Gasteiger partial charge on any atom is -0.440 e. The molecule has 1 amide bonds. The molecule has 4 rings (SSSR count). The van der Waals surface area contributed by atoms with Crippen LogP contribution in [0.3, 0.4) is 0 Å². The van der Waals surface area contributed by atoms with Crippen LogP contribution in [0.5, 0.6) is 11.6 Å². The predicted octanol–water partition coefficient (Wildman–Crippen LogP) is 4.13. The lowest BCUT2D eigenvalue weighted by Gasteiger charge is -2.07. The summed E-state index contributed by atoms with van der Waals surface area (Å²) < 4.78 is 12.9. The Kier molecular flexibility index (Phi) is 4.82. The Labute approximate surface area is 167 Å². The lowest BCUT2D eigenvalue weighted by atomic mass is 10.2. The zero-order chi connectivity index (χ0) is 20.4. The molecule has 0 saturated heterocycles. The van der Waals surface area contributed by atoms with E-state index in [1.54, 1.807) is 43.2 Å². The number of aryl methyl sites for hydroxylation is 3. The Morgan fingerprint density at radius 2 is 1.90 bits per heavy atom. The van der Waals surface area contributed by atoms with E-state index in [-0.39, 0.29) is 11.6 Å². The first-order valence-electron chi connectivity index (χ1n) is 8.96. The number of pyridine rings is 1. The van der Waals surface area contributed by atoms with Crippen LogP contribution in [0.25, 0.3) is 11.5 Å². The molecular formula is C21H19N5O3. The van der Waals surface area contributed by atoms with E-state index in [1.165, 1.54) is 6.20 Å². The highest BCUT2D eigenvalue weighted by molar-refractivity contribution is 6.03. The minimum atomic E-state index is -0.379. The van der Waals surface area contributed by atoms with Crippen molar-refractivity contribution in [2.75, 3.05) is 5.32 Å². The van der Waals surface area contributed by atoms with Crippen LogP contribution < -0.4 is 10.1 Å². The zero-order valence-electron chi connectivity index (χ0n) is 16.2. The average Bonchev–Trinajstić information content (AvgIpc) is 3.31. The summed E-state index contributed by atoms with van der Waals surface area (Å²) >= 11 is 0. The largest absolute Gasteiger partial charge is 0.440 e. The Balaban J connectivity index is 1.44. The highest BCUT2D eigenvalue weighted by Crippen LogP contribution is 2.23. The van der Waals surface area contributed by atoms with Gasteiger partial charge >= 0.3 is 0 Å². The van der Waals surface area contributed by atoms with Crippen LogP contribution in [-0.4, -0.2) is 25.7 Å². The van der Waals surface area contributed by atoms with Gasteiger partial charge in [-0.25, -0.2) is 9.97 Å². The number of hydrogen-bond donors (Lipinski definition) is 1. The van der Waals surface area contributed by atoms with Crippen molar-refractivity contribution in [1.29, 1.82) is 0 Å². The molecule has 0 saturated carbocycles.